The number of carbonyl (C=O) groups excluding carboxylic acids is 1. The van der Waals surface area contributed by atoms with E-state index in [1.54, 1.807) is 18.2 Å². The van der Waals surface area contributed by atoms with Gasteiger partial charge in [0.1, 0.15) is 5.52 Å². The molecule has 0 aliphatic heterocycles. The van der Waals surface area contributed by atoms with Crippen LogP contribution in [0, 0.1) is 10.1 Å². The van der Waals surface area contributed by atoms with Gasteiger partial charge in [0.2, 0.25) is 5.89 Å². The van der Waals surface area contributed by atoms with Gasteiger partial charge in [0.15, 0.2) is 10.7 Å². The number of amides is 1. The molecule has 0 fully saturated rings. The lowest BCUT2D eigenvalue weighted by Gasteiger charge is -2.11. The number of non-ortho nitro benzene ring substituents is 1. The largest absolute Gasteiger partial charge is 0.436 e. The predicted molar refractivity (Wildman–Crippen MR) is 140 cm³/mol. The minimum Gasteiger partial charge on any atom is -0.436 e. The minimum absolute atomic E-state index is 0.00508. The maximum Gasteiger partial charge on any atom is 0.270 e. The molecule has 0 radical (unpaired) electrons. The number of fused-ring (bicyclic) bond motifs is 1. The van der Waals surface area contributed by atoms with E-state index in [4.69, 9.17) is 28.2 Å². The molecule has 0 unspecified atom stereocenters. The molecule has 4 aromatic rings. The monoisotopic (exact) mass is 508 g/mol. The number of carbonyl (C=O) groups is 1. The Bertz CT molecular complexity index is 1450. The van der Waals surface area contributed by atoms with Crippen molar-refractivity contribution in [2.24, 2.45) is 0 Å². The zero-order valence-electron chi connectivity index (χ0n) is 18.9. The van der Waals surface area contributed by atoms with Crippen LogP contribution in [0.5, 0.6) is 0 Å². The van der Waals surface area contributed by atoms with E-state index in [-0.39, 0.29) is 21.4 Å². The SMILES string of the molecule is CC[C@@H](C)c1ccc2oc(-c3cccc(NC(=S)NC(=O)c4cc([N+](=O)[O-])ccc4Cl)c3)nc2c1. The maximum absolute atomic E-state index is 12.6. The van der Waals surface area contributed by atoms with Crippen molar-refractivity contribution in [2.45, 2.75) is 26.2 Å². The molecule has 35 heavy (non-hydrogen) atoms. The molecule has 4 rings (SSSR count). The van der Waals surface area contributed by atoms with Crippen LogP contribution < -0.4 is 10.6 Å². The zero-order chi connectivity index (χ0) is 25.1. The highest BCUT2D eigenvalue weighted by Gasteiger charge is 2.17. The second-order valence-corrected chi connectivity index (χ2v) is 8.78. The maximum atomic E-state index is 12.6. The fraction of sp³-hybridized carbons (Fsp3) is 0.160. The Morgan fingerprint density at radius 1 is 1.20 bits per heavy atom. The van der Waals surface area contributed by atoms with Crippen molar-refractivity contribution in [1.82, 2.24) is 10.3 Å². The first-order valence-electron chi connectivity index (χ1n) is 10.8. The number of nitrogens with zero attached hydrogens (tertiary/aromatic N) is 2. The average molecular weight is 509 g/mol. The van der Waals surface area contributed by atoms with E-state index in [1.165, 1.54) is 17.7 Å². The van der Waals surface area contributed by atoms with Crippen molar-refractivity contribution in [1.29, 1.82) is 0 Å². The standard InChI is InChI=1S/C25H21ClN4O4S/c1-3-14(2)15-7-10-22-21(12-15)28-24(34-22)16-5-4-6-17(11-16)27-25(35)29-23(31)19-13-18(30(32)33)8-9-20(19)26/h4-14H,3H2,1-2H3,(H2,27,29,31,35)/t14-/m1/s1. The summed E-state index contributed by atoms with van der Waals surface area (Å²) in [6.45, 7) is 4.32. The fourth-order valence-corrected chi connectivity index (χ4v) is 3.89. The molecule has 1 heterocycles. The molecule has 1 aromatic heterocycles. The summed E-state index contributed by atoms with van der Waals surface area (Å²) < 4.78 is 5.94. The van der Waals surface area contributed by atoms with Gasteiger partial charge in [-0.3, -0.25) is 20.2 Å². The predicted octanol–water partition coefficient (Wildman–Crippen LogP) is 6.70. The molecule has 10 heteroatoms. The summed E-state index contributed by atoms with van der Waals surface area (Å²) in [5.74, 6) is 0.229. The minimum atomic E-state index is -0.664. The smallest absolute Gasteiger partial charge is 0.270 e. The first-order chi connectivity index (χ1) is 16.7. The molecule has 0 bridgehead atoms. The number of rotatable bonds is 6. The molecule has 0 aliphatic carbocycles. The van der Waals surface area contributed by atoms with Gasteiger partial charge in [0.05, 0.1) is 15.5 Å². The number of halogens is 1. The number of oxazole rings is 1. The summed E-state index contributed by atoms with van der Waals surface area (Å²) in [6.07, 6.45) is 1.04. The fourth-order valence-electron chi connectivity index (χ4n) is 3.47. The van der Waals surface area contributed by atoms with Crippen molar-refractivity contribution < 1.29 is 14.1 Å². The molecular formula is C25H21ClN4O4S. The van der Waals surface area contributed by atoms with E-state index in [0.717, 1.165) is 23.6 Å². The van der Waals surface area contributed by atoms with Crippen LogP contribution in [0.25, 0.3) is 22.6 Å². The Morgan fingerprint density at radius 2 is 2.00 bits per heavy atom. The van der Waals surface area contributed by atoms with E-state index in [9.17, 15) is 14.9 Å². The quantitative estimate of drug-likeness (QED) is 0.169. The van der Waals surface area contributed by atoms with E-state index in [2.05, 4.69) is 35.5 Å². The van der Waals surface area contributed by atoms with Crippen molar-refractivity contribution >= 4 is 57.3 Å². The van der Waals surface area contributed by atoms with Crippen molar-refractivity contribution in [3.05, 3.63) is 86.9 Å². The number of benzene rings is 3. The molecule has 2 N–H and O–H groups in total. The van der Waals surface area contributed by atoms with Crippen LogP contribution in [0.4, 0.5) is 11.4 Å². The molecule has 3 aromatic carbocycles. The van der Waals surface area contributed by atoms with Crippen LogP contribution in [0.3, 0.4) is 0 Å². The Labute approximate surface area is 211 Å². The van der Waals surface area contributed by atoms with Gasteiger partial charge >= 0.3 is 0 Å². The summed E-state index contributed by atoms with van der Waals surface area (Å²) in [5.41, 5.74) is 3.71. The van der Waals surface area contributed by atoms with E-state index in [0.29, 0.717) is 23.1 Å². The van der Waals surface area contributed by atoms with Crippen LogP contribution in [0.1, 0.15) is 42.1 Å². The lowest BCUT2D eigenvalue weighted by molar-refractivity contribution is -0.384. The zero-order valence-corrected chi connectivity index (χ0v) is 20.4. The highest BCUT2D eigenvalue weighted by Crippen LogP contribution is 2.29. The summed E-state index contributed by atoms with van der Waals surface area (Å²) in [7, 11) is 0. The van der Waals surface area contributed by atoms with Gasteiger partial charge < -0.3 is 9.73 Å². The van der Waals surface area contributed by atoms with Crippen LogP contribution in [0.15, 0.2) is 65.1 Å². The van der Waals surface area contributed by atoms with Gasteiger partial charge in [0, 0.05) is 23.4 Å². The summed E-state index contributed by atoms with van der Waals surface area (Å²) in [5, 5.41) is 16.5. The molecular weight excluding hydrogens is 488 g/mol. The second kappa shape index (κ2) is 10.2. The molecule has 178 valence electrons. The summed E-state index contributed by atoms with van der Waals surface area (Å²) in [4.78, 5) is 27.6. The molecule has 0 aliphatic rings. The van der Waals surface area contributed by atoms with E-state index in [1.807, 2.05) is 18.2 Å². The van der Waals surface area contributed by atoms with Crippen molar-refractivity contribution in [3.63, 3.8) is 0 Å². The number of thiocarbonyl (C=S) groups is 1. The van der Waals surface area contributed by atoms with Gasteiger partial charge in [-0.25, -0.2) is 4.98 Å². The first-order valence-corrected chi connectivity index (χ1v) is 11.6. The number of nitro groups is 1. The Kier molecular flexibility index (Phi) is 7.09. The number of aromatic nitrogens is 1. The van der Waals surface area contributed by atoms with E-state index >= 15 is 0 Å². The molecule has 0 saturated heterocycles. The van der Waals surface area contributed by atoms with Gasteiger partial charge in [-0.05, 0) is 66.5 Å². The molecule has 8 nitrogen and oxygen atoms in total. The third-order valence-electron chi connectivity index (χ3n) is 5.59. The molecule has 1 atom stereocenters. The first kappa shape index (κ1) is 24.3. The topological polar surface area (TPSA) is 110 Å². The highest BCUT2D eigenvalue weighted by atomic mass is 35.5. The van der Waals surface area contributed by atoms with Crippen molar-refractivity contribution in [2.75, 3.05) is 5.32 Å². The Hall–Kier alpha value is -3.82. The summed E-state index contributed by atoms with van der Waals surface area (Å²) in [6, 6.07) is 16.9. The Balaban J connectivity index is 1.50. The number of anilines is 1. The number of hydrogen-bond donors (Lipinski definition) is 2. The van der Waals surface area contributed by atoms with Crippen molar-refractivity contribution in [3.8, 4) is 11.5 Å². The molecule has 0 spiro atoms. The van der Waals surface area contributed by atoms with Gasteiger partial charge in [0.25, 0.3) is 11.6 Å². The highest BCUT2D eigenvalue weighted by molar-refractivity contribution is 7.80. The Morgan fingerprint density at radius 3 is 2.74 bits per heavy atom. The van der Waals surface area contributed by atoms with Crippen LogP contribution in [-0.2, 0) is 0 Å². The molecule has 0 saturated carbocycles. The number of hydrogen-bond acceptors (Lipinski definition) is 6. The van der Waals surface area contributed by atoms with Gasteiger partial charge in [-0.1, -0.05) is 37.6 Å². The summed E-state index contributed by atoms with van der Waals surface area (Å²) >= 11 is 11.3. The van der Waals surface area contributed by atoms with Crippen LogP contribution >= 0.6 is 23.8 Å². The van der Waals surface area contributed by atoms with Crippen LogP contribution in [0.2, 0.25) is 5.02 Å². The van der Waals surface area contributed by atoms with E-state index < -0.39 is 10.8 Å². The normalized spacial score (nSPS) is 11.7. The van der Waals surface area contributed by atoms with Crippen LogP contribution in [-0.4, -0.2) is 20.9 Å². The molecule has 1 amide bonds. The van der Waals surface area contributed by atoms with Gasteiger partial charge in [-0.2, -0.15) is 0 Å². The van der Waals surface area contributed by atoms with Gasteiger partial charge in [-0.15, -0.1) is 0 Å². The number of nitrogens with one attached hydrogen (secondary N) is 2. The third-order valence-corrected chi connectivity index (χ3v) is 6.13. The second-order valence-electron chi connectivity index (χ2n) is 7.97. The lowest BCUT2D eigenvalue weighted by Crippen LogP contribution is -2.34. The number of nitro benzene ring substituents is 1. The third kappa shape index (κ3) is 5.47. The average Bonchev–Trinajstić information content (AvgIpc) is 3.27. The lowest BCUT2D eigenvalue weighted by atomic mass is 9.98.